The fraction of sp³-hybridized carbons (Fsp3) is 0.889. The molecule has 1 saturated carbocycles. The molecule has 1 heterocycles. The molecule has 0 radical (unpaired) electrons. The highest BCUT2D eigenvalue weighted by Gasteiger charge is 2.25. The van der Waals surface area contributed by atoms with E-state index >= 15 is 0 Å². The third kappa shape index (κ3) is 2.30. The van der Waals surface area contributed by atoms with E-state index in [0.717, 1.165) is 17.8 Å². The average Bonchev–Trinajstić information content (AvgIpc) is 2.85. The Morgan fingerprint density at radius 2 is 2.20 bits per heavy atom. The summed E-state index contributed by atoms with van der Waals surface area (Å²) in [6.45, 7) is 0.971. The molecule has 0 N–H and O–H groups in total. The third-order valence-corrected chi connectivity index (χ3v) is 3.30. The van der Waals surface area contributed by atoms with E-state index < -0.39 is 0 Å². The van der Waals surface area contributed by atoms with Gasteiger partial charge in [-0.2, -0.15) is 0 Å². The van der Waals surface area contributed by atoms with Gasteiger partial charge in [0, 0.05) is 25.0 Å². The van der Waals surface area contributed by atoms with Gasteiger partial charge in [0.25, 0.3) is 0 Å². The number of halogens is 1. The van der Waals surface area contributed by atoms with Gasteiger partial charge < -0.3 is 4.90 Å². The predicted molar refractivity (Wildman–Crippen MR) is 62.2 cm³/mol. The molecule has 0 saturated heterocycles. The van der Waals surface area contributed by atoms with Crippen molar-refractivity contribution in [2.24, 2.45) is 7.05 Å². The Bertz CT molecular complexity index is 307. The van der Waals surface area contributed by atoms with Gasteiger partial charge in [-0.25, -0.2) is 4.68 Å². The van der Waals surface area contributed by atoms with E-state index in [1.54, 1.807) is 4.68 Å². The first-order chi connectivity index (χ1) is 7.33. The summed E-state index contributed by atoms with van der Waals surface area (Å²) in [6, 6.07) is 0.618. The van der Waals surface area contributed by atoms with Crippen molar-refractivity contribution in [1.82, 2.24) is 20.2 Å². The van der Waals surface area contributed by atoms with E-state index in [0.29, 0.717) is 6.04 Å². The van der Waals surface area contributed by atoms with Gasteiger partial charge in [-0.1, -0.05) is 33.9 Å². The van der Waals surface area contributed by atoms with Gasteiger partial charge >= 0.3 is 0 Å². The van der Waals surface area contributed by atoms with E-state index in [1.807, 2.05) is 7.05 Å². The van der Waals surface area contributed by atoms with Gasteiger partial charge in [-0.05, 0) is 23.3 Å². The zero-order valence-electron chi connectivity index (χ0n) is 8.93. The molecule has 0 spiro atoms. The molecule has 1 aromatic rings. The molecule has 84 valence electrons. The first-order valence-electron chi connectivity index (χ1n) is 5.38. The topological polar surface area (TPSA) is 46.8 Å². The maximum atomic E-state index is 4.09. The summed E-state index contributed by atoms with van der Waals surface area (Å²) in [6.07, 6.45) is 5.18. The monoisotopic (exact) mass is 273 g/mol. The number of rotatable bonds is 4. The van der Waals surface area contributed by atoms with Crippen molar-refractivity contribution in [3.05, 3.63) is 0 Å². The fourth-order valence-corrected chi connectivity index (χ4v) is 2.60. The lowest BCUT2D eigenvalue weighted by Crippen LogP contribution is -2.36. The minimum atomic E-state index is 0.618. The smallest absolute Gasteiger partial charge is 0.245 e. The van der Waals surface area contributed by atoms with Crippen LogP contribution in [-0.4, -0.2) is 38.1 Å². The van der Waals surface area contributed by atoms with E-state index in [9.17, 15) is 0 Å². The third-order valence-electron chi connectivity index (χ3n) is 2.95. The van der Waals surface area contributed by atoms with Crippen molar-refractivity contribution in [1.29, 1.82) is 0 Å². The number of hydrogen-bond donors (Lipinski definition) is 0. The van der Waals surface area contributed by atoms with E-state index in [2.05, 4.69) is 36.4 Å². The molecule has 1 fully saturated rings. The van der Waals surface area contributed by atoms with Gasteiger partial charge in [-0.3, -0.25) is 0 Å². The highest BCUT2D eigenvalue weighted by Crippen LogP contribution is 2.26. The zero-order chi connectivity index (χ0) is 10.7. The summed E-state index contributed by atoms with van der Waals surface area (Å²) in [7, 11) is 1.89. The van der Waals surface area contributed by atoms with Crippen molar-refractivity contribution in [2.75, 3.05) is 16.8 Å². The lowest BCUT2D eigenvalue weighted by molar-refractivity contribution is 0.588. The Balaban J connectivity index is 2.15. The molecular weight excluding hydrogens is 258 g/mol. The Hall–Kier alpha value is -0.650. The predicted octanol–water partition coefficient (Wildman–Crippen LogP) is 1.35. The van der Waals surface area contributed by atoms with Gasteiger partial charge in [0.1, 0.15) is 0 Å². The maximum absolute atomic E-state index is 4.09. The van der Waals surface area contributed by atoms with Crippen LogP contribution >= 0.6 is 15.9 Å². The van der Waals surface area contributed by atoms with Crippen molar-refractivity contribution in [3.8, 4) is 0 Å². The number of anilines is 1. The van der Waals surface area contributed by atoms with Crippen LogP contribution in [0.25, 0.3) is 0 Å². The molecule has 0 amide bonds. The summed E-state index contributed by atoms with van der Waals surface area (Å²) < 4.78 is 1.75. The number of aryl methyl sites for hydroxylation is 1. The van der Waals surface area contributed by atoms with Gasteiger partial charge in [0.05, 0.1) is 0 Å². The van der Waals surface area contributed by atoms with Gasteiger partial charge in [0.2, 0.25) is 5.95 Å². The highest BCUT2D eigenvalue weighted by molar-refractivity contribution is 9.09. The van der Waals surface area contributed by atoms with E-state index in [1.165, 1.54) is 25.7 Å². The number of nitrogens with zero attached hydrogens (tertiary/aromatic N) is 5. The molecule has 0 aliphatic heterocycles. The largest absolute Gasteiger partial charge is 0.336 e. The summed E-state index contributed by atoms with van der Waals surface area (Å²) in [5.41, 5.74) is 0. The molecular formula is C9H16BrN5. The summed E-state index contributed by atoms with van der Waals surface area (Å²) in [5.74, 6) is 0.890. The van der Waals surface area contributed by atoms with E-state index in [4.69, 9.17) is 0 Å². The molecule has 1 aliphatic rings. The Morgan fingerprint density at radius 3 is 2.73 bits per heavy atom. The van der Waals surface area contributed by atoms with Crippen LogP contribution in [0.5, 0.6) is 0 Å². The second-order valence-electron chi connectivity index (χ2n) is 3.92. The van der Waals surface area contributed by atoms with Gasteiger partial charge in [0.15, 0.2) is 0 Å². The summed E-state index contributed by atoms with van der Waals surface area (Å²) in [5, 5.41) is 12.6. The minimum absolute atomic E-state index is 0.618. The van der Waals surface area contributed by atoms with Crippen LogP contribution in [-0.2, 0) is 7.05 Å². The maximum Gasteiger partial charge on any atom is 0.245 e. The number of tetrazole rings is 1. The molecule has 2 rings (SSSR count). The second-order valence-corrected chi connectivity index (χ2v) is 4.72. The molecule has 5 nitrogen and oxygen atoms in total. The van der Waals surface area contributed by atoms with Crippen LogP contribution in [0.3, 0.4) is 0 Å². The van der Waals surface area contributed by atoms with Crippen molar-refractivity contribution < 1.29 is 0 Å². The standard InChI is InChI=1S/C9H16BrN5/c1-14-9(11-12-13-14)15(7-6-10)8-4-2-3-5-8/h8H,2-7H2,1H3. The number of hydrogen-bond acceptors (Lipinski definition) is 4. The lowest BCUT2D eigenvalue weighted by atomic mass is 10.2. The van der Waals surface area contributed by atoms with Crippen LogP contribution in [0.15, 0.2) is 0 Å². The SMILES string of the molecule is Cn1nnnc1N(CCBr)C1CCCC1. The first-order valence-corrected chi connectivity index (χ1v) is 6.50. The van der Waals surface area contributed by atoms with Gasteiger partial charge in [-0.15, -0.1) is 0 Å². The Labute approximate surface area is 98.0 Å². The molecule has 0 bridgehead atoms. The molecule has 0 atom stereocenters. The van der Waals surface area contributed by atoms with Crippen LogP contribution in [0.1, 0.15) is 25.7 Å². The lowest BCUT2D eigenvalue weighted by Gasteiger charge is -2.27. The quantitative estimate of drug-likeness (QED) is 0.778. The molecule has 6 heteroatoms. The van der Waals surface area contributed by atoms with Crippen LogP contribution in [0, 0.1) is 0 Å². The first kappa shape index (κ1) is 10.9. The molecule has 1 aromatic heterocycles. The average molecular weight is 274 g/mol. The molecule has 0 aromatic carbocycles. The summed E-state index contributed by atoms with van der Waals surface area (Å²) >= 11 is 3.49. The molecule has 1 aliphatic carbocycles. The number of alkyl halides is 1. The van der Waals surface area contributed by atoms with Crippen molar-refractivity contribution in [3.63, 3.8) is 0 Å². The van der Waals surface area contributed by atoms with Crippen LogP contribution < -0.4 is 4.90 Å². The Kier molecular flexibility index (Phi) is 3.56. The fourth-order valence-electron chi connectivity index (χ4n) is 2.22. The highest BCUT2D eigenvalue weighted by atomic mass is 79.9. The van der Waals surface area contributed by atoms with Crippen molar-refractivity contribution in [2.45, 2.75) is 31.7 Å². The van der Waals surface area contributed by atoms with Crippen LogP contribution in [0.2, 0.25) is 0 Å². The molecule has 0 unspecified atom stereocenters. The van der Waals surface area contributed by atoms with Crippen LogP contribution in [0.4, 0.5) is 5.95 Å². The van der Waals surface area contributed by atoms with E-state index in [-0.39, 0.29) is 0 Å². The normalized spacial score (nSPS) is 17.2. The summed E-state index contributed by atoms with van der Waals surface area (Å²) in [4.78, 5) is 2.32. The minimum Gasteiger partial charge on any atom is -0.336 e. The second kappa shape index (κ2) is 4.92. The number of aromatic nitrogens is 4. The molecule has 15 heavy (non-hydrogen) atoms. The zero-order valence-corrected chi connectivity index (χ0v) is 10.5. The van der Waals surface area contributed by atoms with Crippen molar-refractivity contribution >= 4 is 21.9 Å². The Morgan fingerprint density at radius 1 is 1.47 bits per heavy atom.